The fourth-order valence-electron chi connectivity index (χ4n) is 6.65. The zero-order chi connectivity index (χ0) is 19.7. The van der Waals surface area contributed by atoms with E-state index in [-0.39, 0.29) is 0 Å². The molecule has 0 saturated heterocycles. The molecule has 5 aromatic rings. The van der Waals surface area contributed by atoms with Crippen LogP contribution in [0.1, 0.15) is 67.2 Å². The van der Waals surface area contributed by atoms with E-state index in [4.69, 9.17) is 0 Å². The summed E-state index contributed by atoms with van der Waals surface area (Å²) in [6, 6.07) is 16.8. The summed E-state index contributed by atoms with van der Waals surface area (Å²) in [5.41, 5.74) is 11.0. The first kappa shape index (κ1) is 17.2. The molecule has 0 amide bonds. The molecule has 0 aliphatic heterocycles. The summed E-state index contributed by atoms with van der Waals surface area (Å²) in [5.74, 6) is 0. The quantitative estimate of drug-likeness (QED) is 0.238. The van der Waals surface area contributed by atoms with Crippen LogP contribution in [0.4, 0.5) is 0 Å². The number of aromatic nitrogens is 1. The first-order valence-electron chi connectivity index (χ1n) is 12.2. The molecule has 2 aliphatic rings. The fraction of sp³-hybridized carbons (Fsp3) is 0.379. The summed E-state index contributed by atoms with van der Waals surface area (Å²) in [6.45, 7) is 0. The average molecular weight is 392 g/mol. The molecule has 0 spiro atoms. The van der Waals surface area contributed by atoms with Crippen molar-refractivity contribution < 1.29 is 0 Å². The van der Waals surface area contributed by atoms with E-state index in [2.05, 4.69) is 46.9 Å². The molecular formula is C29H29N. The van der Waals surface area contributed by atoms with E-state index in [0.29, 0.717) is 0 Å². The molecule has 7 rings (SSSR count). The van der Waals surface area contributed by atoms with Gasteiger partial charge in [-0.05, 0) is 73.6 Å². The molecule has 0 bridgehead atoms. The molecule has 2 aliphatic carbocycles. The zero-order valence-corrected chi connectivity index (χ0v) is 17.8. The Bertz CT molecular complexity index is 1420. The number of aryl methyl sites for hydroxylation is 4. The maximum Gasteiger partial charge on any atom is 0.0620 e. The van der Waals surface area contributed by atoms with Crippen LogP contribution >= 0.6 is 0 Å². The smallest absolute Gasteiger partial charge is 0.0620 e. The van der Waals surface area contributed by atoms with E-state index in [9.17, 15) is 0 Å². The summed E-state index contributed by atoms with van der Waals surface area (Å²) in [5, 5.41) is 5.85. The van der Waals surface area contributed by atoms with Crippen molar-refractivity contribution in [2.75, 3.05) is 0 Å². The van der Waals surface area contributed by atoms with Gasteiger partial charge in [0, 0.05) is 21.5 Å². The third-order valence-corrected chi connectivity index (χ3v) is 8.04. The second-order valence-electron chi connectivity index (χ2n) is 9.71. The molecule has 0 atom stereocenters. The van der Waals surface area contributed by atoms with Gasteiger partial charge in [0.05, 0.1) is 16.6 Å². The molecule has 0 saturated carbocycles. The number of hydrogen-bond acceptors (Lipinski definition) is 0. The Morgan fingerprint density at radius 3 is 1.47 bits per heavy atom. The molecule has 0 radical (unpaired) electrons. The Kier molecular flexibility index (Phi) is 3.71. The molecule has 150 valence electrons. The van der Waals surface area contributed by atoms with E-state index < -0.39 is 0 Å². The minimum Gasteiger partial charge on any atom is -0.307 e. The summed E-state index contributed by atoms with van der Waals surface area (Å²) in [7, 11) is 0. The lowest BCUT2D eigenvalue weighted by molar-refractivity contribution is 0.618. The van der Waals surface area contributed by atoms with E-state index in [1.807, 2.05) is 0 Å². The number of hydrogen-bond donors (Lipinski definition) is 0. The van der Waals surface area contributed by atoms with E-state index in [1.54, 1.807) is 22.3 Å². The van der Waals surface area contributed by atoms with Crippen LogP contribution in [0.15, 0.2) is 42.5 Å². The second kappa shape index (κ2) is 6.48. The highest BCUT2D eigenvalue weighted by atomic mass is 14.9. The van der Waals surface area contributed by atoms with Crippen LogP contribution < -0.4 is 0 Å². The normalized spacial score (nSPS) is 17.9. The molecule has 3 aromatic carbocycles. The van der Waals surface area contributed by atoms with Crippen LogP contribution in [-0.4, -0.2) is 4.40 Å². The first-order chi connectivity index (χ1) is 14.9. The van der Waals surface area contributed by atoms with E-state index >= 15 is 0 Å². The van der Waals surface area contributed by atoms with Crippen LogP contribution in [-0.2, 0) is 25.7 Å². The van der Waals surface area contributed by atoms with Gasteiger partial charge in [-0.2, -0.15) is 0 Å². The summed E-state index contributed by atoms with van der Waals surface area (Å²) in [4.78, 5) is 0. The largest absolute Gasteiger partial charge is 0.307 e. The lowest BCUT2D eigenvalue weighted by atomic mass is 9.91. The molecule has 1 nitrogen and oxygen atoms in total. The maximum atomic E-state index is 2.72. The van der Waals surface area contributed by atoms with Crippen molar-refractivity contribution >= 4 is 38.1 Å². The highest BCUT2D eigenvalue weighted by Crippen LogP contribution is 2.43. The summed E-state index contributed by atoms with van der Waals surface area (Å²) >= 11 is 0. The number of rotatable bonds is 0. The highest BCUT2D eigenvalue weighted by Gasteiger charge is 2.24. The van der Waals surface area contributed by atoms with Crippen molar-refractivity contribution in [3.8, 4) is 0 Å². The second-order valence-corrected chi connectivity index (χ2v) is 9.71. The Hall–Kier alpha value is -2.54. The molecular weight excluding hydrogens is 362 g/mol. The minimum atomic E-state index is 1.24. The van der Waals surface area contributed by atoms with Gasteiger partial charge in [-0.3, -0.25) is 0 Å². The Balaban J connectivity index is 1.72. The maximum absolute atomic E-state index is 2.72. The van der Waals surface area contributed by atoms with Gasteiger partial charge in [0.1, 0.15) is 0 Å². The SMILES string of the molecule is c1cc2c3ccc4c(c3n3c5c6c(ccc5c(c1)c23)CCCCC6)CCCCCC4. The van der Waals surface area contributed by atoms with Gasteiger partial charge >= 0.3 is 0 Å². The van der Waals surface area contributed by atoms with Crippen molar-refractivity contribution in [2.45, 2.75) is 70.6 Å². The Labute approximate surface area is 178 Å². The van der Waals surface area contributed by atoms with Crippen molar-refractivity contribution in [1.82, 2.24) is 4.40 Å². The lowest BCUT2D eigenvalue weighted by Gasteiger charge is -2.16. The van der Waals surface area contributed by atoms with Crippen molar-refractivity contribution in [2.24, 2.45) is 0 Å². The Morgan fingerprint density at radius 1 is 0.433 bits per heavy atom. The topological polar surface area (TPSA) is 4.41 Å². The van der Waals surface area contributed by atoms with Gasteiger partial charge in [0.2, 0.25) is 0 Å². The fourth-order valence-corrected chi connectivity index (χ4v) is 6.65. The van der Waals surface area contributed by atoms with Crippen LogP contribution in [0.2, 0.25) is 0 Å². The first-order valence-corrected chi connectivity index (χ1v) is 12.2. The predicted octanol–water partition coefficient (Wildman–Crippen LogP) is 7.76. The van der Waals surface area contributed by atoms with Crippen molar-refractivity contribution in [3.05, 3.63) is 64.7 Å². The van der Waals surface area contributed by atoms with Gasteiger partial charge in [-0.1, -0.05) is 61.7 Å². The third kappa shape index (κ3) is 2.24. The van der Waals surface area contributed by atoms with Crippen molar-refractivity contribution in [1.29, 1.82) is 0 Å². The van der Waals surface area contributed by atoms with Gasteiger partial charge in [0.15, 0.2) is 0 Å². The zero-order valence-electron chi connectivity index (χ0n) is 17.8. The lowest BCUT2D eigenvalue weighted by Crippen LogP contribution is -2.02. The van der Waals surface area contributed by atoms with Gasteiger partial charge in [0.25, 0.3) is 0 Å². The molecule has 2 aromatic heterocycles. The monoisotopic (exact) mass is 391 g/mol. The van der Waals surface area contributed by atoms with Gasteiger partial charge in [-0.25, -0.2) is 0 Å². The average Bonchev–Trinajstić information content (AvgIpc) is 3.14. The minimum absolute atomic E-state index is 1.24. The summed E-state index contributed by atoms with van der Waals surface area (Å²) < 4.78 is 2.72. The van der Waals surface area contributed by atoms with Crippen molar-refractivity contribution in [3.63, 3.8) is 0 Å². The number of fused-ring (bicyclic) bond motifs is 10. The third-order valence-electron chi connectivity index (χ3n) is 8.04. The van der Waals surface area contributed by atoms with Crippen LogP contribution in [0.5, 0.6) is 0 Å². The van der Waals surface area contributed by atoms with E-state index in [1.165, 1.54) is 109 Å². The van der Waals surface area contributed by atoms with Gasteiger partial charge < -0.3 is 4.40 Å². The van der Waals surface area contributed by atoms with Crippen LogP contribution in [0, 0.1) is 0 Å². The number of benzene rings is 3. The van der Waals surface area contributed by atoms with Gasteiger partial charge in [-0.15, -0.1) is 0 Å². The van der Waals surface area contributed by atoms with Crippen LogP contribution in [0.25, 0.3) is 38.1 Å². The molecule has 0 fully saturated rings. The van der Waals surface area contributed by atoms with Crippen LogP contribution in [0.3, 0.4) is 0 Å². The molecule has 0 N–H and O–H groups in total. The molecule has 30 heavy (non-hydrogen) atoms. The summed E-state index contributed by atoms with van der Waals surface area (Å²) in [6.07, 6.45) is 14.5. The Morgan fingerprint density at radius 2 is 0.900 bits per heavy atom. The molecule has 1 heteroatoms. The highest BCUT2D eigenvalue weighted by molar-refractivity contribution is 6.24. The molecule has 2 heterocycles. The standard InChI is InChI=1S/C29H29N/c1-2-6-11-21-19(9-4-1)15-17-25-23-13-8-14-24-26-18-16-20-10-5-3-7-12-22(20)28(26)30(27(21)25)29(23)24/h8,13-18H,1-7,9-12H2. The number of para-hydroxylation sites is 1. The predicted molar refractivity (Wildman–Crippen MR) is 128 cm³/mol. The molecule has 0 unspecified atom stereocenters. The van der Waals surface area contributed by atoms with E-state index in [0.717, 1.165) is 0 Å². The number of nitrogens with zero attached hydrogens (tertiary/aromatic N) is 1.